The number of hydrogen-bond acceptors (Lipinski definition) is 5. The van der Waals surface area contributed by atoms with Crippen molar-refractivity contribution < 1.29 is 27.9 Å². The highest BCUT2D eigenvalue weighted by atomic mass is 32.2. The van der Waals surface area contributed by atoms with Crippen molar-refractivity contribution in [2.24, 2.45) is 5.41 Å². The van der Waals surface area contributed by atoms with E-state index in [-0.39, 0.29) is 23.8 Å². The van der Waals surface area contributed by atoms with Crippen LogP contribution in [0.25, 0.3) is 0 Å². The second-order valence-electron chi connectivity index (χ2n) is 6.63. The van der Waals surface area contributed by atoms with Gasteiger partial charge in [-0.2, -0.15) is 0 Å². The Morgan fingerprint density at radius 2 is 1.92 bits per heavy atom. The number of likely N-dealkylation sites (tertiary alicyclic amines) is 1. The third-order valence-corrected chi connectivity index (χ3v) is 5.53. The van der Waals surface area contributed by atoms with Gasteiger partial charge in [0.15, 0.2) is 9.84 Å². The van der Waals surface area contributed by atoms with E-state index in [4.69, 9.17) is 4.74 Å². The summed E-state index contributed by atoms with van der Waals surface area (Å²) in [4.78, 5) is 25.2. The van der Waals surface area contributed by atoms with Crippen LogP contribution in [0.4, 0.5) is 0 Å². The standard InChI is InChI=1S/C17H23NO6S/c1-17(16(20)21)9-10-18(12-17)15(19)4-3-11-24-13-5-7-14(8-6-13)25(2,22)23/h5-8H,3-4,9-12H2,1-2H3,(H,20,21). The van der Waals surface area contributed by atoms with Crippen molar-refractivity contribution in [1.29, 1.82) is 0 Å². The van der Waals surface area contributed by atoms with Crippen LogP contribution >= 0.6 is 0 Å². The normalized spacial score (nSPS) is 20.5. The van der Waals surface area contributed by atoms with Gasteiger partial charge >= 0.3 is 5.97 Å². The van der Waals surface area contributed by atoms with Gasteiger partial charge in [-0.05, 0) is 44.0 Å². The lowest BCUT2D eigenvalue weighted by atomic mass is 9.90. The molecule has 0 spiro atoms. The SMILES string of the molecule is CC1(C(=O)O)CCN(C(=O)CCCOc2ccc(S(C)(=O)=O)cc2)C1. The van der Waals surface area contributed by atoms with E-state index in [0.29, 0.717) is 31.7 Å². The molecule has 1 aliphatic rings. The summed E-state index contributed by atoms with van der Waals surface area (Å²) in [6.45, 7) is 2.70. The Hall–Kier alpha value is -2.09. The molecule has 1 N–H and O–H groups in total. The van der Waals surface area contributed by atoms with Gasteiger partial charge in [0.2, 0.25) is 5.91 Å². The molecule has 1 aromatic carbocycles. The molecule has 0 saturated carbocycles. The van der Waals surface area contributed by atoms with E-state index in [9.17, 15) is 23.1 Å². The first-order valence-electron chi connectivity index (χ1n) is 8.06. The van der Waals surface area contributed by atoms with Gasteiger partial charge in [0.25, 0.3) is 0 Å². The van der Waals surface area contributed by atoms with Crippen molar-refractivity contribution in [3.8, 4) is 5.75 Å². The number of hydrogen-bond donors (Lipinski definition) is 1. The van der Waals surface area contributed by atoms with Gasteiger partial charge in [0.1, 0.15) is 5.75 Å². The van der Waals surface area contributed by atoms with Gasteiger partial charge in [0.05, 0.1) is 16.9 Å². The zero-order valence-corrected chi connectivity index (χ0v) is 15.2. The molecule has 0 aromatic heterocycles. The number of carboxylic acid groups (broad SMARTS) is 1. The van der Waals surface area contributed by atoms with Crippen LogP contribution in [0.5, 0.6) is 5.75 Å². The lowest BCUT2D eigenvalue weighted by Gasteiger charge is -2.20. The third kappa shape index (κ3) is 4.94. The first-order valence-corrected chi connectivity index (χ1v) is 9.95. The van der Waals surface area contributed by atoms with Gasteiger partial charge in [-0.25, -0.2) is 8.42 Å². The second-order valence-corrected chi connectivity index (χ2v) is 8.64. The zero-order valence-electron chi connectivity index (χ0n) is 14.4. The summed E-state index contributed by atoms with van der Waals surface area (Å²) < 4.78 is 28.3. The predicted molar refractivity (Wildman–Crippen MR) is 91.2 cm³/mol. The summed E-state index contributed by atoms with van der Waals surface area (Å²) in [7, 11) is -3.23. The van der Waals surface area contributed by atoms with E-state index in [1.54, 1.807) is 24.0 Å². The fourth-order valence-corrected chi connectivity index (χ4v) is 3.33. The molecule has 25 heavy (non-hydrogen) atoms. The van der Waals surface area contributed by atoms with Crippen molar-refractivity contribution in [2.75, 3.05) is 26.0 Å². The van der Waals surface area contributed by atoms with Crippen LogP contribution in [0.1, 0.15) is 26.2 Å². The molecule has 1 amide bonds. The molecule has 1 unspecified atom stereocenters. The molecule has 8 heteroatoms. The summed E-state index contributed by atoms with van der Waals surface area (Å²) >= 11 is 0. The van der Waals surface area contributed by atoms with Crippen LogP contribution in [0, 0.1) is 5.41 Å². The smallest absolute Gasteiger partial charge is 0.311 e. The molecule has 2 rings (SSSR count). The minimum Gasteiger partial charge on any atom is -0.494 e. The number of sulfone groups is 1. The highest BCUT2D eigenvalue weighted by Gasteiger charge is 2.41. The average Bonchev–Trinajstić information content (AvgIpc) is 2.95. The molecule has 0 radical (unpaired) electrons. The highest BCUT2D eigenvalue weighted by Crippen LogP contribution is 2.30. The Balaban J connectivity index is 1.74. The maximum Gasteiger partial charge on any atom is 0.311 e. The number of nitrogens with zero attached hydrogens (tertiary/aromatic N) is 1. The molecule has 1 heterocycles. The summed E-state index contributed by atoms with van der Waals surface area (Å²) in [6.07, 6.45) is 2.41. The molecule has 0 bridgehead atoms. The Kier molecular flexibility index (Phi) is 5.72. The second kappa shape index (κ2) is 7.43. The lowest BCUT2D eigenvalue weighted by molar-refractivity contribution is -0.147. The molecule has 1 atom stereocenters. The van der Waals surface area contributed by atoms with Crippen LogP contribution in [-0.2, 0) is 19.4 Å². The van der Waals surface area contributed by atoms with E-state index in [1.807, 2.05) is 0 Å². The van der Waals surface area contributed by atoms with Gasteiger partial charge in [0, 0.05) is 25.8 Å². The maximum absolute atomic E-state index is 12.1. The number of carboxylic acids is 1. The fourth-order valence-electron chi connectivity index (χ4n) is 2.70. The van der Waals surface area contributed by atoms with Crippen LogP contribution in [0.15, 0.2) is 29.2 Å². The van der Waals surface area contributed by atoms with Gasteiger partial charge < -0.3 is 14.7 Å². The summed E-state index contributed by atoms with van der Waals surface area (Å²) in [5, 5.41) is 9.19. The lowest BCUT2D eigenvalue weighted by Crippen LogP contribution is -2.34. The summed E-state index contributed by atoms with van der Waals surface area (Å²) in [6, 6.07) is 6.12. The first-order chi connectivity index (χ1) is 11.6. The molecule has 138 valence electrons. The zero-order chi connectivity index (χ0) is 18.7. The maximum atomic E-state index is 12.1. The van der Waals surface area contributed by atoms with Crippen LogP contribution in [0.2, 0.25) is 0 Å². The van der Waals surface area contributed by atoms with Crippen molar-refractivity contribution in [3.63, 3.8) is 0 Å². The number of benzene rings is 1. The average molecular weight is 369 g/mol. The largest absolute Gasteiger partial charge is 0.494 e. The topological polar surface area (TPSA) is 101 Å². The van der Waals surface area contributed by atoms with Crippen LogP contribution < -0.4 is 4.74 Å². The fraction of sp³-hybridized carbons (Fsp3) is 0.529. The van der Waals surface area contributed by atoms with E-state index in [1.165, 1.54) is 12.1 Å². The van der Waals surface area contributed by atoms with Crippen LogP contribution in [0.3, 0.4) is 0 Å². The van der Waals surface area contributed by atoms with Crippen LogP contribution in [-0.4, -0.2) is 56.3 Å². The number of aliphatic carboxylic acids is 1. The molecule has 1 fully saturated rings. The number of carbonyl (C=O) groups is 2. The van der Waals surface area contributed by atoms with Crippen molar-refractivity contribution >= 4 is 21.7 Å². The molecule has 1 aliphatic heterocycles. The van der Waals surface area contributed by atoms with E-state index < -0.39 is 21.2 Å². The summed E-state index contributed by atoms with van der Waals surface area (Å²) in [5.74, 6) is -0.399. The summed E-state index contributed by atoms with van der Waals surface area (Å²) in [5.41, 5.74) is -0.854. The van der Waals surface area contributed by atoms with Crippen molar-refractivity contribution in [2.45, 2.75) is 31.1 Å². The van der Waals surface area contributed by atoms with E-state index in [2.05, 4.69) is 0 Å². The third-order valence-electron chi connectivity index (χ3n) is 4.40. The van der Waals surface area contributed by atoms with Gasteiger partial charge in [-0.1, -0.05) is 0 Å². The minimum atomic E-state index is -3.23. The number of rotatable bonds is 7. The number of carbonyl (C=O) groups excluding carboxylic acids is 1. The minimum absolute atomic E-state index is 0.0685. The Labute approximate surface area is 147 Å². The highest BCUT2D eigenvalue weighted by molar-refractivity contribution is 7.90. The number of ether oxygens (including phenoxy) is 1. The molecule has 1 aromatic rings. The van der Waals surface area contributed by atoms with Crippen molar-refractivity contribution in [3.05, 3.63) is 24.3 Å². The molecular weight excluding hydrogens is 346 g/mol. The van der Waals surface area contributed by atoms with Crippen molar-refractivity contribution in [1.82, 2.24) is 4.90 Å². The Morgan fingerprint density at radius 1 is 1.28 bits per heavy atom. The van der Waals surface area contributed by atoms with E-state index >= 15 is 0 Å². The van der Waals surface area contributed by atoms with Gasteiger partial charge in [-0.15, -0.1) is 0 Å². The van der Waals surface area contributed by atoms with E-state index in [0.717, 1.165) is 6.26 Å². The number of amides is 1. The molecule has 1 saturated heterocycles. The Bertz CT molecular complexity index is 743. The predicted octanol–water partition coefficient (Wildman–Crippen LogP) is 1.57. The monoisotopic (exact) mass is 369 g/mol. The van der Waals surface area contributed by atoms with Gasteiger partial charge in [-0.3, -0.25) is 9.59 Å². The molecule has 7 nitrogen and oxygen atoms in total. The Morgan fingerprint density at radius 3 is 2.44 bits per heavy atom. The molecular formula is C17H23NO6S. The quantitative estimate of drug-likeness (QED) is 0.732. The molecule has 0 aliphatic carbocycles. The first kappa shape index (κ1) is 19.2.